The van der Waals surface area contributed by atoms with Gasteiger partial charge in [0, 0.05) is 31.9 Å². The van der Waals surface area contributed by atoms with Crippen molar-refractivity contribution < 1.29 is 14.2 Å². The van der Waals surface area contributed by atoms with E-state index >= 15 is 0 Å². The fourth-order valence-corrected chi connectivity index (χ4v) is 3.18. The van der Waals surface area contributed by atoms with Crippen molar-refractivity contribution in [1.29, 1.82) is 0 Å². The summed E-state index contributed by atoms with van der Waals surface area (Å²) in [6, 6.07) is 14.1. The smallest absolute Gasteiger partial charge is 0.203 e. The molecular weight excluding hydrogens is 394 g/mol. The lowest BCUT2D eigenvalue weighted by Crippen LogP contribution is -2.36. The Bertz CT molecular complexity index is 976. The summed E-state index contributed by atoms with van der Waals surface area (Å²) in [5.41, 5.74) is 3.27. The lowest BCUT2D eigenvalue weighted by atomic mass is 10.2. The summed E-state index contributed by atoms with van der Waals surface area (Å²) in [7, 11) is 6.54. The third-order valence-electron chi connectivity index (χ3n) is 4.74. The first-order valence-electron chi connectivity index (χ1n) is 9.95. The zero-order valence-electron chi connectivity index (χ0n) is 18.4. The van der Waals surface area contributed by atoms with Gasteiger partial charge in [-0.25, -0.2) is 0 Å². The lowest BCUT2D eigenvalue weighted by molar-refractivity contribution is 0.323. The van der Waals surface area contributed by atoms with E-state index in [1.807, 2.05) is 47.4 Å². The molecule has 8 nitrogen and oxygen atoms in total. The number of methoxy groups -OCH3 is 3. The molecule has 8 heteroatoms. The standard InChI is InChI=1S/C23H29N5O3/c1-24-23(25-12-18-10-20(29-2)22(31-4)21(11-18)30-3)26-13-19-14-27-28(16-19)15-17-8-6-5-7-9-17/h5-11,14,16H,12-13,15H2,1-4H3,(H2,24,25,26). The second-order valence-electron chi connectivity index (χ2n) is 6.84. The Balaban J connectivity index is 1.56. The van der Waals surface area contributed by atoms with Gasteiger partial charge in [0.05, 0.1) is 34.1 Å². The molecule has 0 aliphatic carbocycles. The molecule has 0 aliphatic heterocycles. The highest BCUT2D eigenvalue weighted by molar-refractivity contribution is 5.79. The minimum absolute atomic E-state index is 0.545. The first kappa shape index (κ1) is 22.0. The first-order valence-corrected chi connectivity index (χ1v) is 9.95. The maximum atomic E-state index is 5.41. The van der Waals surface area contributed by atoms with Crippen LogP contribution in [0.2, 0.25) is 0 Å². The van der Waals surface area contributed by atoms with Crippen LogP contribution in [0.15, 0.2) is 59.9 Å². The number of rotatable bonds is 9. The van der Waals surface area contributed by atoms with Gasteiger partial charge >= 0.3 is 0 Å². The molecule has 31 heavy (non-hydrogen) atoms. The molecule has 0 atom stereocenters. The van der Waals surface area contributed by atoms with Gasteiger partial charge in [0.1, 0.15) is 0 Å². The molecule has 0 radical (unpaired) electrons. The van der Waals surface area contributed by atoms with Crippen LogP contribution < -0.4 is 24.8 Å². The average molecular weight is 424 g/mol. The summed E-state index contributed by atoms with van der Waals surface area (Å²) < 4.78 is 18.1. The molecule has 0 amide bonds. The van der Waals surface area contributed by atoms with Crippen molar-refractivity contribution in [2.45, 2.75) is 19.6 Å². The average Bonchev–Trinajstić information content (AvgIpc) is 3.26. The minimum Gasteiger partial charge on any atom is -0.493 e. The van der Waals surface area contributed by atoms with E-state index in [1.54, 1.807) is 28.4 Å². The Morgan fingerprint density at radius 3 is 2.13 bits per heavy atom. The van der Waals surface area contributed by atoms with Crippen molar-refractivity contribution in [1.82, 2.24) is 20.4 Å². The number of ether oxygens (including phenoxy) is 3. The van der Waals surface area contributed by atoms with Crippen molar-refractivity contribution >= 4 is 5.96 Å². The number of aliphatic imine (C=N–C) groups is 1. The molecule has 1 aromatic heterocycles. The van der Waals surface area contributed by atoms with E-state index in [0.29, 0.717) is 36.3 Å². The predicted molar refractivity (Wildman–Crippen MR) is 121 cm³/mol. The van der Waals surface area contributed by atoms with Gasteiger partial charge in [-0.15, -0.1) is 0 Å². The molecule has 0 saturated heterocycles. The zero-order valence-corrected chi connectivity index (χ0v) is 18.4. The van der Waals surface area contributed by atoms with Crippen LogP contribution in [-0.4, -0.2) is 44.1 Å². The zero-order chi connectivity index (χ0) is 22.1. The summed E-state index contributed by atoms with van der Waals surface area (Å²) in [6.07, 6.45) is 3.90. The van der Waals surface area contributed by atoms with E-state index in [9.17, 15) is 0 Å². The summed E-state index contributed by atoms with van der Waals surface area (Å²) in [6.45, 7) is 1.91. The summed E-state index contributed by atoms with van der Waals surface area (Å²) in [5, 5.41) is 11.1. The SMILES string of the molecule is CN=C(NCc1cc(OC)c(OC)c(OC)c1)NCc1cnn(Cc2ccccc2)c1. The maximum Gasteiger partial charge on any atom is 0.203 e. The fraction of sp³-hybridized carbons (Fsp3) is 0.304. The van der Waals surface area contributed by atoms with Crippen LogP contribution in [0.4, 0.5) is 0 Å². The first-order chi connectivity index (χ1) is 15.2. The van der Waals surface area contributed by atoms with Crippen LogP contribution in [0.3, 0.4) is 0 Å². The Kier molecular flexibility index (Phi) is 7.75. The highest BCUT2D eigenvalue weighted by atomic mass is 16.5. The molecule has 2 N–H and O–H groups in total. The van der Waals surface area contributed by atoms with Crippen molar-refractivity contribution in [3.05, 3.63) is 71.5 Å². The van der Waals surface area contributed by atoms with Gasteiger partial charge in [0.25, 0.3) is 0 Å². The van der Waals surface area contributed by atoms with E-state index in [2.05, 4.69) is 32.9 Å². The largest absolute Gasteiger partial charge is 0.493 e. The molecule has 3 rings (SSSR count). The van der Waals surface area contributed by atoms with Crippen molar-refractivity contribution in [3.8, 4) is 17.2 Å². The summed E-state index contributed by atoms with van der Waals surface area (Å²) in [4.78, 5) is 4.29. The van der Waals surface area contributed by atoms with Crippen molar-refractivity contribution in [2.75, 3.05) is 28.4 Å². The fourth-order valence-electron chi connectivity index (χ4n) is 3.18. The van der Waals surface area contributed by atoms with Crippen LogP contribution >= 0.6 is 0 Å². The molecule has 2 aromatic carbocycles. The minimum atomic E-state index is 0.545. The molecule has 0 fully saturated rings. The highest BCUT2D eigenvalue weighted by Gasteiger charge is 2.13. The molecule has 0 spiro atoms. The van der Waals surface area contributed by atoms with E-state index in [1.165, 1.54) is 5.56 Å². The van der Waals surface area contributed by atoms with E-state index in [-0.39, 0.29) is 0 Å². The van der Waals surface area contributed by atoms with Gasteiger partial charge in [-0.3, -0.25) is 9.67 Å². The van der Waals surface area contributed by atoms with Crippen LogP contribution in [0.5, 0.6) is 17.2 Å². The topological polar surface area (TPSA) is 81.9 Å². The Labute approximate surface area is 182 Å². The Morgan fingerprint density at radius 2 is 1.55 bits per heavy atom. The number of guanidine groups is 1. The molecule has 0 bridgehead atoms. The predicted octanol–water partition coefficient (Wildman–Crippen LogP) is 2.82. The van der Waals surface area contributed by atoms with Crippen LogP contribution in [-0.2, 0) is 19.6 Å². The number of nitrogens with zero attached hydrogens (tertiary/aromatic N) is 3. The van der Waals surface area contributed by atoms with Gasteiger partial charge in [-0.1, -0.05) is 30.3 Å². The molecular formula is C23H29N5O3. The second kappa shape index (κ2) is 10.9. The van der Waals surface area contributed by atoms with Gasteiger partial charge in [0.15, 0.2) is 17.5 Å². The van der Waals surface area contributed by atoms with Gasteiger partial charge < -0.3 is 24.8 Å². The van der Waals surface area contributed by atoms with E-state index in [0.717, 1.165) is 17.7 Å². The number of hydrogen-bond acceptors (Lipinski definition) is 5. The number of aromatic nitrogens is 2. The molecule has 0 unspecified atom stereocenters. The maximum absolute atomic E-state index is 5.41. The van der Waals surface area contributed by atoms with Gasteiger partial charge in [-0.05, 0) is 23.3 Å². The van der Waals surface area contributed by atoms with Crippen molar-refractivity contribution in [2.24, 2.45) is 4.99 Å². The third-order valence-corrected chi connectivity index (χ3v) is 4.74. The summed E-state index contributed by atoms with van der Waals surface area (Å²) in [5.74, 6) is 2.49. The summed E-state index contributed by atoms with van der Waals surface area (Å²) >= 11 is 0. The molecule has 3 aromatic rings. The Morgan fingerprint density at radius 1 is 0.903 bits per heavy atom. The Hall–Kier alpha value is -3.68. The molecule has 0 saturated carbocycles. The molecule has 164 valence electrons. The third kappa shape index (κ3) is 5.91. The van der Waals surface area contributed by atoms with Gasteiger partial charge in [0.2, 0.25) is 5.75 Å². The number of nitrogens with one attached hydrogen (secondary N) is 2. The second-order valence-corrected chi connectivity index (χ2v) is 6.84. The van der Waals surface area contributed by atoms with Crippen LogP contribution in [0.1, 0.15) is 16.7 Å². The van der Waals surface area contributed by atoms with Crippen LogP contribution in [0, 0.1) is 0 Å². The van der Waals surface area contributed by atoms with Crippen LogP contribution in [0.25, 0.3) is 0 Å². The number of benzene rings is 2. The monoisotopic (exact) mass is 423 g/mol. The lowest BCUT2D eigenvalue weighted by Gasteiger charge is -2.15. The quantitative estimate of drug-likeness (QED) is 0.407. The molecule has 1 heterocycles. The van der Waals surface area contributed by atoms with Crippen molar-refractivity contribution in [3.63, 3.8) is 0 Å². The van der Waals surface area contributed by atoms with E-state index in [4.69, 9.17) is 14.2 Å². The van der Waals surface area contributed by atoms with Gasteiger partial charge in [-0.2, -0.15) is 5.10 Å². The van der Waals surface area contributed by atoms with E-state index < -0.39 is 0 Å². The molecule has 0 aliphatic rings. The highest BCUT2D eigenvalue weighted by Crippen LogP contribution is 2.38. The normalized spacial score (nSPS) is 11.2. The number of hydrogen-bond donors (Lipinski definition) is 2.